The fourth-order valence-corrected chi connectivity index (χ4v) is 2.81. The molecule has 0 aliphatic heterocycles. The summed E-state index contributed by atoms with van der Waals surface area (Å²) in [5.74, 6) is 0.392. The Bertz CT molecular complexity index is 1030. The van der Waals surface area contributed by atoms with Crippen molar-refractivity contribution in [2.75, 3.05) is 0 Å². The number of hydrogen-bond acceptors (Lipinski definition) is 3. The molecule has 0 spiro atoms. The molecule has 0 saturated carbocycles. The van der Waals surface area contributed by atoms with E-state index in [0.717, 1.165) is 5.56 Å². The lowest BCUT2D eigenvalue weighted by molar-refractivity contribution is -0.117. The molecule has 1 aromatic heterocycles. The maximum Gasteiger partial charge on any atom is 0.262 e. The third-order valence-electron chi connectivity index (χ3n) is 3.77. The lowest BCUT2D eigenvalue weighted by atomic mass is 10.2. The van der Waals surface area contributed by atoms with Crippen LogP contribution in [0, 0.1) is 11.3 Å². The lowest BCUT2D eigenvalue weighted by Crippen LogP contribution is -2.23. The van der Waals surface area contributed by atoms with Crippen LogP contribution in [-0.2, 0) is 11.3 Å². The Labute approximate surface area is 166 Å². The van der Waals surface area contributed by atoms with Gasteiger partial charge in [0, 0.05) is 23.2 Å². The molecule has 6 heteroatoms. The standard InChI is InChI=1S/C21H14Cl2N2O2/c22-16-6-8-19(23)18(11-16)20-9-7-17(27-20)10-15(12-24)21(26)25-13-14-4-2-1-3-5-14/h1-11H,13H2,(H,25,26). The van der Waals surface area contributed by atoms with E-state index in [2.05, 4.69) is 5.32 Å². The summed E-state index contributed by atoms with van der Waals surface area (Å²) in [6.45, 7) is 0.334. The largest absolute Gasteiger partial charge is 0.457 e. The van der Waals surface area contributed by atoms with Crippen LogP contribution in [0.25, 0.3) is 17.4 Å². The van der Waals surface area contributed by atoms with Gasteiger partial charge in [-0.3, -0.25) is 4.79 Å². The van der Waals surface area contributed by atoms with E-state index >= 15 is 0 Å². The third kappa shape index (κ3) is 4.79. The zero-order chi connectivity index (χ0) is 19.2. The van der Waals surface area contributed by atoms with Crippen LogP contribution in [0.15, 0.2) is 70.7 Å². The van der Waals surface area contributed by atoms with Gasteiger partial charge in [0.15, 0.2) is 0 Å². The predicted octanol–water partition coefficient (Wildman–Crippen LogP) is 5.48. The molecular formula is C21H14Cl2N2O2. The van der Waals surface area contributed by atoms with Crippen molar-refractivity contribution in [3.63, 3.8) is 0 Å². The van der Waals surface area contributed by atoms with Crippen molar-refractivity contribution in [2.45, 2.75) is 6.54 Å². The van der Waals surface area contributed by atoms with E-state index < -0.39 is 5.91 Å². The molecule has 1 N–H and O–H groups in total. The van der Waals surface area contributed by atoms with Gasteiger partial charge in [-0.05, 0) is 35.9 Å². The molecule has 3 rings (SSSR count). The molecule has 0 bridgehead atoms. The van der Waals surface area contributed by atoms with E-state index in [1.165, 1.54) is 6.08 Å². The number of carbonyl (C=O) groups excluding carboxylic acids is 1. The van der Waals surface area contributed by atoms with E-state index in [-0.39, 0.29) is 5.57 Å². The Morgan fingerprint density at radius 2 is 1.89 bits per heavy atom. The van der Waals surface area contributed by atoms with Crippen LogP contribution in [0.1, 0.15) is 11.3 Å². The number of nitriles is 1. The number of halogens is 2. The zero-order valence-electron chi connectivity index (χ0n) is 14.1. The SMILES string of the molecule is N#CC(=Cc1ccc(-c2cc(Cl)ccc2Cl)o1)C(=O)NCc1ccccc1. The van der Waals surface area contributed by atoms with Gasteiger partial charge in [-0.15, -0.1) is 0 Å². The van der Waals surface area contributed by atoms with Crippen LogP contribution in [0.4, 0.5) is 0 Å². The average molecular weight is 397 g/mol. The summed E-state index contributed by atoms with van der Waals surface area (Å²) in [4.78, 5) is 12.2. The zero-order valence-corrected chi connectivity index (χ0v) is 15.6. The van der Waals surface area contributed by atoms with Crippen molar-refractivity contribution in [2.24, 2.45) is 0 Å². The fourth-order valence-electron chi connectivity index (χ4n) is 2.43. The Morgan fingerprint density at radius 1 is 1.11 bits per heavy atom. The molecule has 0 saturated heterocycles. The second-order valence-electron chi connectivity index (χ2n) is 5.66. The minimum Gasteiger partial charge on any atom is -0.457 e. The minimum absolute atomic E-state index is 0.0518. The number of rotatable bonds is 5. The smallest absolute Gasteiger partial charge is 0.262 e. The topological polar surface area (TPSA) is 66.0 Å². The maximum absolute atomic E-state index is 12.2. The molecule has 0 fully saturated rings. The molecule has 0 aliphatic rings. The van der Waals surface area contributed by atoms with Crippen molar-refractivity contribution in [1.82, 2.24) is 5.32 Å². The first-order valence-electron chi connectivity index (χ1n) is 8.06. The Balaban J connectivity index is 1.76. The summed E-state index contributed by atoms with van der Waals surface area (Å²) < 4.78 is 5.70. The molecule has 1 heterocycles. The van der Waals surface area contributed by atoms with Gasteiger partial charge in [0.25, 0.3) is 5.91 Å². The summed E-state index contributed by atoms with van der Waals surface area (Å²) in [5.41, 5.74) is 1.53. The third-order valence-corrected chi connectivity index (χ3v) is 4.33. The number of nitrogens with one attached hydrogen (secondary N) is 1. The van der Waals surface area contributed by atoms with Gasteiger partial charge >= 0.3 is 0 Å². The Morgan fingerprint density at radius 3 is 2.63 bits per heavy atom. The van der Waals surface area contributed by atoms with Gasteiger partial charge < -0.3 is 9.73 Å². The normalized spacial score (nSPS) is 11.1. The first-order valence-corrected chi connectivity index (χ1v) is 8.81. The highest BCUT2D eigenvalue weighted by Gasteiger charge is 2.12. The lowest BCUT2D eigenvalue weighted by Gasteiger charge is -2.04. The summed E-state index contributed by atoms with van der Waals surface area (Å²) in [6.07, 6.45) is 1.39. The Hall–Kier alpha value is -3.00. The summed E-state index contributed by atoms with van der Waals surface area (Å²) >= 11 is 12.2. The number of benzene rings is 2. The highest BCUT2D eigenvalue weighted by molar-refractivity contribution is 6.35. The molecule has 0 atom stereocenters. The van der Waals surface area contributed by atoms with E-state index in [4.69, 9.17) is 27.6 Å². The Kier molecular flexibility index (Phi) is 5.97. The summed E-state index contributed by atoms with van der Waals surface area (Å²) in [6, 6.07) is 19.8. The average Bonchev–Trinajstić information content (AvgIpc) is 3.15. The van der Waals surface area contributed by atoms with Gasteiger partial charge in [0.05, 0.1) is 5.02 Å². The van der Waals surface area contributed by atoms with Gasteiger partial charge in [-0.1, -0.05) is 53.5 Å². The summed E-state index contributed by atoms with van der Waals surface area (Å²) in [5, 5.41) is 13.0. The number of carbonyl (C=O) groups is 1. The van der Waals surface area contributed by atoms with E-state index in [9.17, 15) is 10.1 Å². The van der Waals surface area contributed by atoms with Crippen molar-refractivity contribution in [1.29, 1.82) is 5.26 Å². The fraction of sp³-hybridized carbons (Fsp3) is 0.0476. The minimum atomic E-state index is -0.472. The van der Waals surface area contributed by atoms with Gasteiger partial charge in [0.1, 0.15) is 23.2 Å². The molecule has 1 amide bonds. The van der Waals surface area contributed by atoms with E-state index in [1.807, 2.05) is 36.4 Å². The monoisotopic (exact) mass is 396 g/mol. The number of hydrogen-bond donors (Lipinski definition) is 1. The van der Waals surface area contributed by atoms with Crippen LogP contribution in [0.3, 0.4) is 0 Å². The van der Waals surface area contributed by atoms with Crippen LogP contribution >= 0.6 is 23.2 Å². The molecule has 3 aromatic rings. The van der Waals surface area contributed by atoms with Crippen molar-refractivity contribution < 1.29 is 9.21 Å². The maximum atomic E-state index is 12.2. The number of furan rings is 1. The van der Waals surface area contributed by atoms with Gasteiger partial charge in [0.2, 0.25) is 0 Å². The molecule has 27 heavy (non-hydrogen) atoms. The highest BCUT2D eigenvalue weighted by Crippen LogP contribution is 2.32. The molecule has 2 aromatic carbocycles. The van der Waals surface area contributed by atoms with Crippen molar-refractivity contribution >= 4 is 35.2 Å². The first kappa shape index (κ1) is 18.8. The van der Waals surface area contributed by atoms with E-state index in [0.29, 0.717) is 33.7 Å². The van der Waals surface area contributed by atoms with Crippen LogP contribution < -0.4 is 5.32 Å². The predicted molar refractivity (Wildman–Crippen MR) is 106 cm³/mol. The van der Waals surface area contributed by atoms with Gasteiger partial charge in [-0.2, -0.15) is 5.26 Å². The van der Waals surface area contributed by atoms with Crippen molar-refractivity contribution in [3.8, 4) is 17.4 Å². The molecular weight excluding hydrogens is 383 g/mol. The second kappa shape index (κ2) is 8.59. The molecule has 4 nitrogen and oxygen atoms in total. The molecule has 0 radical (unpaired) electrons. The van der Waals surface area contributed by atoms with Crippen molar-refractivity contribution in [3.05, 3.63) is 87.6 Å². The van der Waals surface area contributed by atoms with Crippen LogP contribution in [0.5, 0.6) is 0 Å². The number of nitrogens with zero attached hydrogens (tertiary/aromatic N) is 1. The van der Waals surface area contributed by atoms with E-state index in [1.54, 1.807) is 30.3 Å². The quantitative estimate of drug-likeness (QED) is 0.458. The number of amides is 1. The molecule has 0 unspecified atom stereocenters. The summed E-state index contributed by atoms with van der Waals surface area (Å²) in [7, 11) is 0. The highest BCUT2D eigenvalue weighted by atomic mass is 35.5. The second-order valence-corrected chi connectivity index (χ2v) is 6.51. The van der Waals surface area contributed by atoms with Crippen LogP contribution in [0.2, 0.25) is 10.0 Å². The molecule has 134 valence electrons. The first-order chi connectivity index (χ1) is 13.1. The van der Waals surface area contributed by atoms with Crippen LogP contribution in [-0.4, -0.2) is 5.91 Å². The van der Waals surface area contributed by atoms with Gasteiger partial charge in [-0.25, -0.2) is 0 Å². The molecule has 0 aliphatic carbocycles.